The van der Waals surface area contributed by atoms with E-state index in [9.17, 15) is 9.59 Å². The molecular weight excluding hydrogens is 338 g/mol. The summed E-state index contributed by atoms with van der Waals surface area (Å²) in [5.41, 5.74) is 1.87. The molecule has 1 aliphatic carbocycles. The second kappa shape index (κ2) is 9.36. The molecule has 1 aromatic carbocycles. The normalized spacial score (nSPS) is 19.6. The lowest BCUT2D eigenvalue weighted by Crippen LogP contribution is -2.45. The predicted octanol–water partition coefficient (Wildman–Crippen LogP) is 2.93. The topological polar surface area (TPSA) is 43.9 Å². The van der Waals surface area contributed by atoms with E-state index in [0.717, 1.165) is 50.0 Å². The summed E-state index contributed by atoms with van der Waals surface area (Å²) in [6, 6.07) is 8.20. The fraction of sp³-hybridized carbons (Fsp3) is 0.636. The summed E-state index contributed by atoms with van der Waals surface area (Å²) < 4.78 is 0. The Hall–Kier alpha value is -1.88. The minimum atomic E-state index is 0.103. The Morgan fingerprint density at radius 2 is 1.81 bits per heavy atom. The molecule has 0 radical (unpaired) electrons. The van der Waals surface area contributed by atoms with Crippen molar-refractivity contribution in [2.75, 3.05) is 39.8 Å². The molecule has 5 nitrogen and oxygen atoms in total. The molecule has 0 atom stereocenters. The van der Waals surface area contributed by atoms with E-state index in [-0.39, 0.29) is 11.8 Å². The van der Waals surface area contributed by atoms with Gasteiger partial charge in [0.1, 0.15) is 0 Å². The average Bonchev–Trinajstić information content (AvgIpc) is 2.93. The van der Waals surface area contributed by atoms with Gasteiger partial charge in [0.05, 0.1) is 6.54 Å². The van der Waals surface area contributed by atoms with Gasteiger partial charge in [-0.25, -0.2) is 0 Å². The Bertz CT molecular complexity index is 655. The van der Waals surface area contributed by atoms with Crippen LogP contribution in [0, 0.1) is 6.92 Å². The van der Waals surface area contributed by atoms with Crippen molar-refractivity contribution in [1.29, 1.82) is 0 Å². The van der Waals surface area contributed by atoms with Crippen molar-refractivity contribution < 1.29 is 9.59 Å². The number of amides is 2. The molecule has 0 spiro atoms. The van der Waals surface area contributed by atoms with Crippen molar-refractivity contribution >= 4 is 11.8 Å². The molecule has 1 saturated heterocycles. The van der Waals surface area contributed by atoms with Gasteiger partial charge in [0, 0.05) is 44.8 Å². The maximum Gasteiger partial charge on any atom is 0.253 e. The van der Waals surface area contributed by atoms with Crippen molar-refractivity contribution in [3.8, 4) is 0 Å². The highest BCUT2D eigenvalue weighted by molar-refractivity contribution is 5.94. The molecule has 1 heterocycles. The van der Waals surface area contributed by atoms with Crippen molar-refractivity contribution in [2.45, 2.75) is 51.5 Å². The van der Waals surface area contributed by atoms with Gasteiger partial charge in [0.2, 0.25) is 5.91 Å². The molecule has 1 aromatic rings. The SMILES string of the molecule is Cc1cccc(C(=O)N2CCCN(CC(=O)N(C)C3CCCCC3)CC2)c1. The second-order valence-corrected chi connectivity index (χ2v) is 8.09. The van der Waals surface area contributed by atoms with Gasteiger partial charge in [-0.3, -0.25) is 14.5 Å². The van der Waals surface area contributed by atoms with Crippen LogP contribution < -0.4 is 0 Å². The van der Waals surface area contributed by atoms with Gasteiger partial charge in [-0.05, 0) is 38.3 Å². The summed E-state index contributed by atoms with van der Waals surface area (Å²) >= 11 is 0. The van der Waals surface area contributed by atoms with Crippen molar-refractivity contribution in [3.63, 3.8) is 0 Å². The smallest absolute Gasteiger partial charge is 0.253 e. The van der Waals surface area contributed by atoms with Crippen LogP contribution in [0.2, 0.25) is 0 Å². The third-order valence-electron chi connectivity index (χ3n) is 6.02. The van der Waals surface area contributed by atoms with E-state index < -0.39 is 0 Å². The number of likely N-dealkylation sites (N-methyl/N-ethyl adjacent to an activating group) is 1. The molecule has 2 aliphatic rings. The van der Waals surface area contributed by atoms with Crippen LogP contribution in [0.25, 0.3) is 0 Å². The van der Waals surface area contributed by atoms with E-state index in [0.29, 0.717) is 19.1 Å². The third kappa shape index (κ3) is 5.32. The van der Waals surface area contributed by atoms with Gasteiger partial charge in [-0.15, -0.1) is 0 Å². The molecule has 0 aromatic heterocycles. The molecule has 148 valence electrons. The van der Waals surface area contributed by atoms with Crippen LogP contribution in [0.15, 0.2) is 24.3 Å². The minimum Gasteiger partial charge on any atom is -0.342 e. The lowest BCUT2D eigenvalue weighted by Gasteiger charge is -2.33. The van der Waals surface area contributed by atoms with Crippen molar-refractivity contribution in [1.82, 2.24) is 14.7 Å². The fourth-order valence-corrected chi connectivity index (χ4v) is 4.27. The molecule has 1 saturated carbocycles. The zero-order valence-corrected chi connectivity index (χ0v) is 16.8. The van der Waals surface area contributed by atoms with Crippen molar-refractivity contribution in [3.05, 3.63) is 35.4 Å². The summed E-state index contributed by atoms with van der Waals surface area (Å²) in [5.74, 6) is 0.326. The number of rotatable bonds is 4. The Morgan fingerprint density at radius 1 is 1.04 bits per heavy atom. The lowest BCUT2D eigenvalue weighted by molar-refractivity contribution is -0.133. The molecule has 3 rings (SSSR count). The monoisotopic (exact) mass is 371 g/mol. The molecule has 2 amide bonds. The number of aryl methyl sites for hydroxylation is 1. The number of hydrogen-bond acceptors (Lipinski definition) is 3. The molecule has 0 N–H and O–H groups in total. The number of hydrogen-bond donors (Lipinski definition) is 0. The van der Waals surface area contributed by atoms with E-state index in [2.05, 4.69) is 4.90 Å². The summed E-state index contributed by atoms with van der Waals surface area (Å²) in [5, 5.41) is 0. The van der Waals surface area contributed by atoms with Crippen LogP contribution in [0.5, 0.6) is 0 Å². The number of carbonyl (C=O) groups is 2. The first kappa shape index (κ1) is 19.9. The zero-order valence-electron chi connectivity index (χ0n) is 16.8. The Morgan fingerprint density at radius 3 is 2.56 bits per heavy atom. The summed E-state index contributed by atoms with van der Waals surface area (Å²) in [6.45, 7) is 5.57. The van der Waals surface area contributed by atoms with Crippen LogP contribution in [0.3, 0.4) is 0 Å². The molecule has 1 aliphatic heterocycles. The van der Waals surface area contributed by atoms with E-state index in [1.807, 2.05) is 48.0 Å². The van der Waals surface area contributed by atoms with Crippen LogP contribution in [-0.4, -0.2) is 72.3 Å². The van der Waals surface area contributed by atoms with Gasteiger partial charge >= 0.3 is 0 Å². The predicted molar refractivity (Wildman–Crippen MR) is 108 cm³/mol. The minimum absolute atomic E-state index is 0.103. The first-order chi connectivity index (χ1) is 13.0. The molecule has 0 bridgehead atoms. The highest BCUT2D eigenvalue weighted by Crippen LogP contribution is 2.22. The molecule has 2 fully saturated rings. The largest absolute Gasteiger partial charge is 0.342 e. The van der Waals surface area contributed by atoms with E-state index in [4.69, 9.17) is 0 Å². The molecule has 27 heavy (non-hydrogen) atoms. The van der Waals surface area contributed by atoms with Gasteiger partial charge in [0.15, 0.2) is 0 Å². The summed E-state index contributed by atoms with van der Waals surface area (Å²) in [4.78, 5) is 31.6. The number of carbonyl (C=O) groups excluding carboxylic acids is 2. The van der Waals surface area contributed by atoms with Crippen LogP contribution in [0.4, 0.5) is 0 Å². The second-order valence-electron chi connectivity index (χ2n) is 8.09. The quantitative estimate of drug-likeness (QED) is 0.817. The molecule has 0 unspecified atom stereocenters. The first-order valence-electron chi connectivity index (χ1n) is 10.4. The summed E-state index contributed by atoms with van der Waals surface area (Å²) in [7, 11) is 1.96. The van der Waals surface area contributed by atoms with E-state index in [1.54, 1.807) is 0 Å². The lowest BCUT2D eigenvalue weighted by atomic mass is 9.94. The van der Waals surface area contributed by atoms with Gasteiger partial charge in [-0.1, -0.05) is 37.0 Å². The van der Waals surface area contributed by atoms with E-state index in [1.165, 1.54) is 19.3 Å². The number of nitrogens with zero attached hydrogens (tertiary/aromatic N) is 3. The van der Waals surface area contributed by atoms with Crippen LogP contribution >= 0.6 is 0 Å². The maximum absolute atomic E-state index is 12.8. The highest BCUT2D eigenvalue weighted by atomic mass is 16.2. The maximum atomic E-state index is 12.8. The van der Waals surface area contributed by atoms with Gasteiger partial charge in [-0.2, -0.15) is 0 Å². The fourth-order valence-electron chi connectivity index (χ4n) is 4.27. The third-order valence-corrected chi connectivity index (χ3v) is 6.02. The first-order valence-corrected chi connectivity index (χ1v) is 10.4. The standard InChI is InChI=1S/C22H33N3O2/c1-18-8-6-9-19(16-18)22(27)25-13-7-12-24(14-15-25)17-21(26)23(2)20-10-4-3-5-11-20/h6,8-9,16,20H,3-5,7,10-15,17H2,1-2H3. The van der Waals surface area contributed by atoms with Crippen LogP contribution in [-0.2, 0) is 4.79 Å². The highest BCUT2D eigenvalue weighted by Gasteiger charge is 2.25. The zero-order chi connectivity index (χ0) is 19.2. The van der Waals surface area contributed by atoms with Gasteiger partial charge in [0.25, 0.3) is 5.91 Å². The van der Waals surface area contributed by atoms with Crippen LogP contribution in [0.1, 0.15) is 54.4 Å². The van der Waals surface area contributed by atoms with Gasteiger partial charge < -0.3 is 9.80 Å². The Labute approximate surface area is 163 Å². The molecule has 5 heteroatoms. The Kier molecular flexibility index (Phi) is 6.89. The Balaban J connectivity index is 1.52. The van der Waals surface area contributed by atoms with E-state index >= 15 is 0 Å². The summed E-state index contributed by atoms with van der Waals surface area (Å²) in [6.07, 6.45) is 6.97. The van der Waals surface area contributed by atoms with Crippen molar-refractivity contribution in [2.24, 2.45) is 0 Å². The molecular formula is C22H33N3O2. The average molecular weight is 372 g/mol. The number of benzene rings is 1.